The topological polar surface area (TPSA) is 108 Å². The third kappa shape index (κ3) is 2.87. The molecule has 0 saturated carbocycles. The molecule has 0 aromatic carbocycles. The molecular weight excluding hydrogens is 300 g/mol. The Hall–Kier alpha value is -2.55. The number of aromatic nitrogens is 4. The summed E-state index contributed by atoms with van der Waals surface area (Å²) in [6.07, 6.45) is 3.23. The van der Waals surface area contributed by atoms with Gasteiger partial charge in [-0.25, -0.2) is 9.97 Å². The van der Waals surface area contributed by atoms with Crippen molar-refractivity contribution in [1.82, 2.24) is 19.5 Å². The van der Waals surface area contributed by atoms with Crippen molar-refractivity contribution in [3.8, 4) is 5.82 Å². The van der Waals surface area contributed by atoms with Gasteiger partial charge in [0.1, 0.15) is 11.5 Å². The fourth-order valence-corrected chi connectivity index (χ4v) is 2.61. The van der Waals surface area contributed by atoms with Crippen molar-refractivity contribution < 1.29 is 9.66 Å². The Morgan fingerprint density at radius 2 is 2.17 bits per heavy atom. The maximum Gasteiger partial charge on any atom is 0.333 e. The summed E-state index contributed by atoms with van der Waals surface area (Å²) in [6.45, 7) is 6.69. The maximum atomic E-state index is 11.4. The lowest BCUT2D eigenvalue weighted by molar-refractivity contribution is -0.385. The monoisotopic (exact) mass is 318 g/mol. The number of nitrogens with zero attached hydrogens (tertiary/aromatic N) is 5. The first kappa shape index (κ1) is 15.3. The number of imidazole rings is 1. The van der Waals surface area contributed by atoms with Crippen molar-refractivity contribution in [1.29, 1.82) is 0 Å². The minimum absolute atomic E-state index is 0.0904. The molecule has 1 N–H and O–H groups in total. The lowest BCUT2D eigenvalue weighted by Crippen LogP contribution is -2.27. The van der Waals surface area contributed by atoms with Gasteiger partial charge in [0.25, 0.3) is 0 Å². The van der Waals surface area contributed by atoms with E-state index >= 15 is 0 Å². The van der Waals surface area contributed by atoms with Crippen LogP contribution in [0.3, 0.4) is 0 Å². The average Bonchev–Trinajstić information content (AvgIpc) is 3.07. The van der Waals surface area contributed by atoms with E-state index in [1.54, 1.807) is 30.8 Å². The van der Waals surface area contributed by atoms with Gasteiger partial charge in [0.15, 0.2) is 0 Å². The zero-order chi connectivity index (χ0) is 16.6. The van der Waals surface area contributed by atoms with Crippen molar-refractivity contribution in [3.05, 3.63) is 34.0 Å². The van der Waals surface area contributed by atoms with E-state index in [4.69, 9.17) is 4.74 Å². The molecule has 0 spiro atoms. The highest BCUT2D eigenvalue weighted by molar-refractivity contribution is 5.54. The fourth-order valence-electron chi connectivity index (χ4n) is 2.61. The summed E-state index contributed by atoms with van der Waals surface area (Å²) in [5.41, 5.74) is 0.189. The molecule has 23 heavy (non-hydrogen) atoms. The fraction of sp³-hybridized carbons (Fsp3) is 0.500. The highest BCUT2D eigenvalue weighted by Gasteiger charge is 2.28. The summed E-state index contributed by atoms with van der Waals surface area (Å²) in [4.78, 5) is 23.7. The second-order valence-electron chi connectivity index (χ2n) is 5.67. The van der Waals surface area contributed by atoms with Gasteiger partial charge in [-0.3, -0.25) is 14.7 Å². The molecule has 2 atom stereocenters. The largest absolute Gasteiger partial charge is 0.379 e. The van der Waals surface area contributed by atoms with Gasteiger partial charge in [-0.2, -0.15) is 4.98 Å². The zero-order valence-corrected chi connectivity index (χ0v) is 13.2. The van der Waals surface area contributed by atoms with E-state index in [2.05, 4.69) is 27.2 Å². The lowest BCUT2D eigenvalue weighted by Gasteiger charge is -2.16. The third-order valence-corrected chi connectivity index (χ3v) is 3.96. The Bertz CT molecular complexity index is 744. The van der Waals surface area contributed by atoms with Crippen LogP contribution in [0.5, 0.6) is 0 Å². The molecule has 122 valence electrons. The SMILES string of the molecule is Cc1nc(N[C@@H]2COC[C@@H]2C)nc(-n2ccnc2C)c1[N+](=O)[O-]. The maximum absolute atomic E-state index is 11.4. The van der Waals surface area contributed by atoms with Crippen LogP contribution in [-0.4, -0.2) is 43.7 Å². The molecular formula is C14H18N6O3. The number of ether oxygens (including phenoxy) is 1. The van der Waals surface area contributed by atoms with Gasteiger partial charge in [0.2, 0.25) is 11.8 Å². The lowest BCUT2D eigenvalue weighted by atomic mass is 10.1. The Balaban J connectivity index is 2.05. The van der Waals surface area contributed by atoms with Crippen LogP contribution < -0.4 is 5.32 Å². The Morgan fingerprint density at radius 3 is 2.74 bits per heavy atom. The van der Waals surface area contributed by atoms with Gasteiger partial charge < -0.3 is 10.1 Å². The van der Waals surface area contributed by atoms with E-state index in [9.17, 15) is 10.1 Å². The van der Waals surface area contributed by atoms with Crippen LogP contribution in [-0.2, 0) is 4.74 Å². The molecule has 1 saturated heterocycles. The number of nitrogens with one attached hydrogen (secondary N) is 1. The molecule has 9 heteroatoms. The van der Waals surface area contributed by atoms with E-state index in [1.807, 2.05) is 0 Å². The summed E-state index contributed by atoms with van der Waals surface area (Å²) >= 11 is 0. The second kappa shape index (κ2) is 5.92. The van der Waals surface area contributed by atoms with Crippen LogP contribution in [0.1, 0.15) is 18.4 Å². The molecule has 0 aliphatic carbocycles. The van der Waals surface area contributed by atoms with Crippen molar-refractivity contribution >= 4 is 11.6 Å². The summed E-state index contributed by atoms with van der Waals surface area (Å²) in [6, 6.07) is 0.0904. The number of rotatable bonds is 4. The van der Waals surface area contributed by atoms with E-state index in [0.29, 0.717) is 36.6 Å². The minimum atomic E-state index is -0.463. The van der Waals surface area contributed by atoms with Crippen LogP contribution in [0.15, 0.2) is 12.4 Å². The van der Waals surface area contributed by atoms with Crippen LogP contribution in [0.4, 0.5) is 11.6 Å². The molecule has 0 unspecified atom stereocenters. The van der Waals surface area contributed by atoms with Gasteiger partial charge in [0.05, 0.1) is 24.2 Å². The smallest absolute Gasteiger partial charge is 0.333 e. The summed E-state index contributed by atoms with van der Waals surface area (Å²) in [5, 5.41) is 14.6. The number of hydrogen-bond acceptors (Lipinski definition) is 7. The van der Waals surface area contributed by atoms with Gasteiger partial charge in [-0.05, 0) is 13.8 Å². The molecule has 3 heterocycles. The molecule has 2 aromatic rings. The molecule has 0 amide bonds. The molecule has 1 fully saturated rings. The van der Waals surface area contributed by atoms with Crippen molar-refractivity contribution in [2.45, 2.75) is 26.8 Å². The van der Waals surface area contributed by atoms with E-state index in [1.165, 1.54) is 0 Å². The Kier molecular flexibility index (Phi) is 3.95. The quantitative estimate of drug-likeness (QED) is 0.674. The normalized spacial score (nSPS) is 20.7. The summed E-state index contributed by atoms with van der Waals surface area (Å²) < 4.78 is 7.00. The highest BCUT2D eigenvalue weighted by atomic mass is 16.6. The second-order valence-corrected chi connectivity index (χ2v) is 5.67. The van der Waals surface area contributed by atoms with Gasteiger partial charge in [-0.1, -0.05) is 6.92 Å². The number of nitro groups is 1. The number of aryl methyl sites for hydroxylation is 2. The van der Waals surface area contributed by atoms with Crippen molar-refractivity contribution in [2.24, 2.45) is 5.92 Å². The molecule has 1 aliphatic heterocycles. The Labute approximate surface area is 132 Å². The van der Waals surface area contributed by atoms with Gasteiger partial charge in [0, 0.05) is 18.3 Å². The van der Waals surface area contributed by atoms with Crippen molar-refractivity contribution in [2.75, 3.05) is 18.5 Å². The van der Waals surface area contributed by atoms with E-state index in [-0.39, 0.29) is 17.5 Å². The predicted molar refractivity (Wildman–Crippen MR) is 82.7 cm³/mol. The average molecular weight is 318 g/mol. The highest BCUT2D eigenvalue weighted by Crippen LogP contribution is 2.27. The predicted octanol–water partition coefficient (Wildman–Crippen LogP) is 1.63. The third-order valence-electron chi connectivity index (χ3n) is 3.96. The molecule has 9 nitrogen and oxygen atoms in total. The summed E-state index contributed by atoms with van der Waals surface area (Å²) in [5.74, 6) is 1.52. The first-order chi connectivity index (χ1) is 11.0. The van der Waals surface area contributed by atoms with Gasteiger partial charge >= 0.3 is 5.69 Å². The number of hydrogen-bond donors (Lipinski definition) is 1. The van der Waals surface area contributed by atoms with Crippen LogP contribution in [0.2, 0.25) is 0 Å². The first-order valence-electron chi connectivity index (χ1n) is 7.35. The van der Waals surface area contributed by atoms with Crippen LogP contribution >= 0.6 is 0 Å². The minimum Gasteiger partial charge on any atom is -0.379 e. The molecule has 2 aromatic heterocycles. The Morgan fingerprint density at radius 1 is 1.39 bits per heavy atom. The van der Waals surface area contributed by atoms with Gasteiger partial charge in [-0.15, -0.1) is 0 Å². The number of anilines is 1. The molecule has 0 radical (unpaired) electrons. The molecule has 1 aliphatic rings. The summed E-state index contributed by atoms with van der Waals surface area (Å²) in [7, 11) is 0. The van der Waals surface area contributed by atoms with E-state index in [0.717, 1.165) is 0 Å². The van der Waals surface area contributed by atoms with Crippen LogP contribution in [0, 0.1) is 29.9 Å². The van der Waals surface area contributed by atoms with Crippen molar-refractivity contribution in [3.63, 3.8) is 0 Å². The first-order valence-corrected chi connectivity index (χ1v) is 7.35. The van der Waals surface area contributed by atoms with Crippen LogP contribution in [0.25, 0.3) is 5.82 Å². The molecule has 3 rings (SSSR count). The zero-order valence-electron chi connectivity index (χ0n) is 13.2. The molecule has 0 bridgehead atoms. The van der Waals surface area contributed by atoms with E-state index < -0.39 is 4.92 Å². The standard InChI is InChI=1S/C14H18N6O3/c1-8-6-23-7-11(8)17-14-16-9(2)12(20(21)22)13(18-14)19-5-4-15-10(19)3/h4-5,8,11H,6-7H2,1-3H3,(H,16,17,18)/t8-,11+/m0/s1.